The highest BCUT2D eigenvalue weighted by Gasteiger charge is 2.17. The summed E-state index contributed by atoms with van der Waals surface area (Å²) in [6, 6.07) is 5.42. The van der Waals surface area contributed by atoms with Crippen molar-refractivity contribution in [3.8, 4) is 0 Å². The number of methoxy groups -OCH3 is 1. The molecule has 6 nitrogen and oxygen atoms in total. The van der Waals surface area contributed by atoms with Gasteiger partial charge in [-0.3, -0.25) is 4.79 Å². The highest BCUT2D eigenvalue weighted by Crippen LogP contribution is 2.09. The predicted molar refractivity (Wildman–Crippen MR) is 62.9 cm³/mol. The number of carboxylic acid groups (broad SMARTS) is 1. The van der Waals surface area contributed by atoms with Crippen LogP contribution in [-0.4, -0.2) is 38.3 Å². The van der Waals surface area contributed by atoms with Crippen LogP contribution in [0.1, 0.15) is 15.9 Å². The smallest absolute Gasteiger partial charge is 0.335 e. The fraction of sp³-hybridized carbons (Fsp3) is 0.273. The Labute approximate surface area is 104 Å². The first kappa shape index (κ1) is 14.2. The molecule has 7 heteroatoms. The van der Waals surface area contributed by atoms with Crippen LogP contribution in [0.5, 0.6) is 0 Å². The molecule has 18 heavy (non-hydrogen) atoms. The van der Waals surface area contributed by atoms with Gasteiger partial charge < -0.3 is 9.84 Å². The molecule has 1 N–H and O–H groups in total. The van der Waals surface area contributed by atoms with Crippen LogP contribution in [0.2, 0.25) is 0 Å². The summed E-state index contributed by atoms with van der Waals surface area (Å²) >= 11 is 0. The molecule has 0 saturated carbocycles. The molecule has 0 aliphatic rings. The lowest BCUT2D eigenvalue weighted by Crippen LogP contribution is -2.18. The average molecular weight is 272 g/mol. The number of carboxylic acids is 1. The van der Waals surface area contributed by atoms with E-state index in [4.69, 9.17) is 5.11 Å². The van der Waals surface area contributed by atoms with Crippen LogP contribution in [0.25, 0.3) is 0 Å². The van der Waals surface area contributed by atoms with Gasteiger partial charge in [0.25, 0.3) is 0 Å². The van der Waals surface area contributed by atoms with Gasteiger partial charge >= 0.3 is 11.9 Å². The molecule has 0 atom stereocenters. The second kappa shape index (κ2) is 5.63. The molecule has 0 unspecified atom stereocenters. The van der Waals surface area contributed by atoms with Crippen LogP contribution in [0.4, 0.5) is 0 Å². The molecule has 0 radical (unpaired) electrons. The predicted octanol–water partition coefficient (Wildman–Crippen LogP) is 0.473. The van der Waals surface area contributed by atoms with Crippen molar-refractivity contribution in [1.82, 2.24) is 0 Å². The first-order valence-electron chi connectivity index (χ1n) is 4.93. The topological polar surface area (TPSA) is 97.7 Å². The van der Waals surface area contributed by atoms with Gasteiger partial charge in [-0.25, -0.2) is 13.2 Å². The Bertz CT molecular complexity index is 543. The van der Waals surface area contributed by atoms with Crippen LogP contribution < -0.4 is 0 Å². The molecule has 0 saturated heterocycles. The number of carbonyl (C=O) groups excluding carboxylic acids is 1. The number of carbonyl (C=O) groups is 2. The van der Waals surface area contributed by atoms with Crippen molar-refractivity contribution in [2.45, 2.75) is 5.75 Å². The number of hydrogen-bond donors (Lipinski definition) is 1. The summed E-state index contributed by atoms with van der Waals surface area (Å²) in [6.07, 6.45) is 0. The summed E-state index contributed by atoms with van der Waals surface area (Å²) < 4.78 is 27.4. The van der Waals surface area contributed by atoms with Crippen LogP contribution in [-0.2, 0) is 25.1 Å². The molecule has 1 rings (SSSR count). The van der Waals surface area contributed by atoms with E-state index in [1.54, 1.807) is 0 Å². The van der Waals surface area contributed by atoms with Crippen LogP contribution in [0.15, 0.2) is 24.3 Å². The third-order valence-corrected chi connectivity index (χ3v) is 3.60. The van der Waals surface area contributed by atoms with Gasteiger partial charge in [0.2, 0.25) is 0 Å². The number of hydrogen-bond acceptors (Lipinski definition) is 5. The second-order valence-corrected chi connectivity index (χ2v) is 5.67. The van der Waals surface area contributed by atoms with E-state index < -0.39 is 27.5 Å². The van der Waals surface area contributed by atoms with E-state index in [1.807, 2.05) is 0 Å². The third-order valence-electron chi connectivity index (χ3n) is 2.15. The fourth-order valence-electron chi connectivity index (χ4n) is 1.29. The van der Waals surface area contributed by atoms with E-state index in [1.165, 1.54) is 24.3 Å². The molecule has 1 aromatic rings. The summed E-state index contributed by atoms with van der Waals surface area (Å²) in [5.41, 5.74) is 0.494. The molecule has 0 bridgehead atoms. The van der Waals surface area contributed by atoms with E-state index in [9.17, 15) is 18.0 Å². The Morgan fingerprint density at radius 2 is 1.78 bits per heavy atom. The monoisotopic (exact) mass is 272 g/mol. The average Bonchev–Trinajstić information content (AvgIpc) is 2.28. The van der Waals surface area contributed by atoms with Gasteiger partial charge in [0.15, 0.2) is 9.84 Å². The number of ether oxygens (including phenoxy) is 1. The van der Waals surface area contributed by atoms with Crippen molar-refractivity contribution in [1.29, 1.82) is 0 Å². The zero-order valence-corrected chi connectivity index (χ0v) is 10.4. The zero-order chi connectivity index (χ0) is 13.8. The molecule has 0 heterocycles. The minimum absolute atomic E-state index is 0.0733. The number of esters is 1. The van der Waals surface area contributed by atoms with Crippen molar-refractivity contribution < 1.29 is 27.9 Å². The Balaban J connectivity index is 2.78. The van der Waals surface area contributed by atoms with Gasteiger partial charge in [-0.15, -0.1) is 0 Å². The van der Waals surface area contributed by atoms with Gasteiger partial charge in [-0.2, -0.15) is 0 Å². The quantitative estimate of drug-likeness (QED) is 0.782. The standard InChI is InChI=1S/C11H12O6S/c1-17-10(12)7-18(15,16)6-8-2-4-9(5-3-8)11(13)14/h2-5H,6-7H2,1H3,(H,13,14). The first-order chi connectivity index (χ1) is 8.34. The van der Waals surface area contributed by atoms with Crippen molar-refractivity contribution in [3.05, 3.63) is 35.4 Å². The second-order valence-electron chi connectivity index (χ2n) is 3.61. The molecule has 0 aliphatic heterocycles. The maximum absolute atomic E-state index is 11.6. The zero-order valence-electron chi connectivity index (χ0n) is 9.62. The molecule has 1 aromatic carbocycles. The van der Waals surface area contributed by atoms with Crippen molar-refractivity contribution in [2.24, 2.45) is 0 Å². The van der Waals surface area contributed by atoms with Gasteiger partial charge in [0.05, 0.1) is 18.4 Å². The van der Waals surface area contributed by atoms with E-state index in [0.29, 0.717) is 5.56 Å². The maximum Gasteiger partial charge on any atom is 0.335 e. The van der Waals surface area contributed by atoms with Crippen LogP contribution in [0, 0.1) is 0 Å². The number of aromatic carboxylic acids is 1. The van der Waals surface area contributed by atoms with Gasteiger partial charge in [0, 0.05) is 0 Å². The Morgan fingerprint density at radius 3 is 2.22 bits per heavy atom. The van der Waals surface area contributed by atoms with Crippen molar-refractivity contribution in [2.75, 3.05) is 12.9 Å². The fourth-order valence-corrected chi connectivity index (χ4v) is 2.57. The maximum atomic E-state index is 11.6. The van der Waals surface area contributed by atoms with Gasteiger partial charge in [-0.1, -0.05) is 12.1 Å². The van der Waals surface area contributed by atoms with Crippen molar-refractivity contribution >= 4 is 21.8 Å². The summed E-state index contributed by atoms with van der Waals surface area (Å²) in [5, 5.41) is 8.68. The normalized spacial score (nSPS) is 10.9. The molecule has 0 spiro atoms. The minimum atomic E-state index is -3.60. The molecule has 98 valence electrons. The third kappa shape index (κ3) is 4.17. The number of benzene rings is 1. The lowest BCUT2D eigenvalue weighted by Gasteiger charge is -2.03. The van der Waals surface area contributed by atoms with Crippen molar-refractivity contribution in [3.63, 3.8) is 0 Å². The number of sulfone groups is 1. The molecule has 0 fully saturated rings. The molecule has 0 aromatic heterocycles. The highest BCUT2D eigenvalue weighted by atomic mass is 32.2. The number of rotatable bonds is 5. The Kier molecular flexibility index (Phi) is 4.43. The van der Waals surface area contributed by atoms with Gasteiger partial charge in [-0.05, 0) is 17.7 Å². The molecular formula is C11H12O6S. The largest absolute Gasteiger partial charge is 0.478 e. The lowest BCUT2D eigenvalue weighted by molar-refractivity contribution is -0.137. The Morgan fingerprint density at radius 1 is 1.22 bits per heavy atom. The molecular weight excluding hydrogens is 260 g/mol. The lowest BCUT2D eigenvalue weighted by atomic mass is 10.1. The highest BCUT2D eigenvalue weighted by molar-refractivity contribution is 7.91. The summed E-state index contributed by atoms with van der Waals surface area (Å²) in [7, 11) is -2.49. The van der Waals surface area contributed by atoms with E-state index in [2.05, 4.69) is 4.74 Å². The molecule has 0 amide bonds. The van der Waals surface area contributed by atoms with Crippen LogP contribution in [0.3, 0.4) is 0 Å². The summed E-state index contributed by atoms with van der Waals surface area (Å²) in [4.78, 5) is 21.5. The van der Waals surface area contributed by atoms with Gasteiger partial charge in [0.1, 0.15) is 5.75 Å². The SMILES string of the molecule is COC(=O)CS(=O)(=O)Cc1ccc(C(=O)O)cc1. The Hall–Kier alpha value is -1.89. The van der Waals surface area contributed by atoms with Crippen LogP contribution >= 0.6 is 0 Å². The first-order valence-corrected chi connectivity index (χ1v) is 6.75. The minimum Gasteiger partial charge on any atom is -0.478 e. The molecule has 0 aliphatic carbocycles. The van der Waals surface area contributed by atoms with E-state index in [0.717, 1.165) is 7.11 Å². The van der Waals surface area contributed by atoms with E-state index in [-0.39, 0.29) is 11.3 Å². The summed E-state index contributed by atoms with van der Waals surface area (Å²) in [5.74, 6) is -2.93. The summed E-state index contributed by atoms with van der Waals surface area (Å²) in [6.45, 7) is 0. The van der Waals surface area contributed by atoms with E-state index >= 15 is 0 Å².